The van der Waals surface area contributed by atoms with Crippen LogP contribution >= 0.6 is 0 Å². The molecule has 7 heteroatoms. The molecule has 3 N–H and O–H groups in total. The lowest BCUT2D eigenvalue weighted by Gasteiger charge is -2.14. The second-order valence-electron chi connectivity index (χ2n) is 5.61. The summed E-state index contributed by atoms with van der Waals surface area (Å²) >= 11 is 0. The lowest BCUT2D eigenvalue weighted by molar-refractivity contribution is -0.125. The van der Waals surface area contributed by atoms with Gasteiger partial charge in [0.25, 0.3) is 0 Å². The van der Waals surface area contributed by atoms with E-state index in [9.17, 15) is 9.59 Å². The van der Waals surface area contributed by atoms with Crippen molar-refractivity contribution in [1.82, 2.24) is 10.6 Å². The third-order valence-corrected chi connectivity index (χ3v) is 3.50. The number of carbonyl (C=O) groups is 2. The first-order chi connectivity index (χ1) is 11.5. The van der Waals surface area contributed by atoms with Crippen molar-refractivity contribution in [3.05, 3.63) is 28.8 Å². The van der Waals surface area contributed by atoms with Gasteiger partial charge in [0.05, 0.1) is 14.5 Å². The number of hydrogen-bond acceptors (Lipinski definition) is 4. The average molecular weight is 331 g/mol. The topological polar surface area (TPSA) is 79.5 Å². The van der Waals surface area contributed by atoms with Crippen LogP contribution in [0.1, 0.15) is 23.1 Å². The molecule has 1 rings (SSSR count). The molecular formula is C17H26BN3O3. The van der Waals surface area contributed by atoms with E-state index in [1.807, 2.05) is 33.0 Å². The molecule has 0 aliphatic heterocycles. The number of carbonyl (C=O) groups excluding carboxylic acids is 2. The van der Waals surface area contributed by atoms with Crippen LogP contribution in [0, 0.1) is 13.8 Å². The third-order valence-electron chi connectivity index (χ3n) is 3.50. The van der Waals surface area contributed by atoms with Gasteiger partial charge in [-0.25, -0.2) is 0 Å². The molecule has 0 aromatic heterocycles. The van der Waals surface area contributed by atoms with Crippen molar-refractivity contribution < 1.29 is 14.3 Å². The van der Waals surface area contributed by atoms with Gasteiger partial charge in [0.15, 0.2) is 0 Å². The van der Waals surface area contributed by atoms with Crippen molar-refractivity contribution in [3.63, 3.8) is 0 Å². The van der Waals surface area contributed by atoms with Crippen molar-refractivity contribution in [2.75, 3.05) is 38.7 Å². The van der Waals surface area contributed by atoms with Gasteiger partial charge in [0.2, 0.25) is 11.8 Å². The van der Waals surface area contributed by atoms with Crippen LogP contribution in [-0.4, -0.2) is 53.0 Å². The number of nitrogens with one attached hydrogen (secondary N) is 3. The maximum atomic E-state index is 12.0. The highest BCUT2D eigenvalue weighted by molar-refractivity contribution is 6.08. The molecule has 1 aromatic carbocycles. The molecule has 0 atom stereocenters. The number of amides is 2. The highest BCUT2D eigenvalue weighted by Crippen LogP contribution is 2.22. The van der Waals surface area contributed by atoms with Gasteiger partial charge in [-0.15, -0.1) is 0 Å². The molecule has 1 aromatic rings. The molecule has 0 aliphatic carbocycles. The SMILES string of the molecule is [B]Cc1cc(C)c(NC(=O)CCNC(=O)COCCNC)c(C)c1. The molecule has 0 fully saturated rings. The van der Waals surface area contributed by atoms with Crippen LogP contribution < -0.4 is 16.0 Å². The Morgan fingerprint density at radius 3 is 2.38 bits per heavy atom. The fourth-order valence-electron chi connectivity index (χ4n) is 2.28. The first kappa shape index (κ1) is 20.2. The Morgan fingerprint density at radius 1 is 1.12 bits per heavy atom. The Labute approximate surface area is 145 Å². The molecule has 130 valence electrons. The van der Waals surface area contributed by atoms with E-state index >= 15 is 0 Å². The summed E-state index contributed by atoms with van der Waals surface area (Å²) in [4.78, 5) is 23.6. The predicted molar refractivity (Wildman–Crippen MR) is 96.4 cm³/mol. The quantitative estimate of drug-likeness (QED) is 0.435. The predicted octanol–water partition coefficient (Wildman–Crippen LogP) is 0.653. The van der Waals surface area contributed by atoms with E-state index in [1.165, 1.54) is 0 Å². The molecule has 0 aliphatic rings. The van der Waals surface area contributed by atoms with Gasteiger partial charge in [-0.3, -0.25) is 9.59 Å². The van der Waals surface area contributed by atoms with Crippen LogP contribution in [0.3, 0.4) is 0 Å². The Balaban J connectivity index is 2.36. The summed E-state index contributed by atoms with van der Waals surface area (Å²) in [6.07, 6.45) is 0.679. The fraction of sp³-hybridized carbons (Fsp3) is 0.529. The summed E-state index contributed by atoms with van der Waals surface area (Å²) < 4.78 is 5.16. The summed E-state index contributed by atoms with van der Waals surface area (Å²) in [6.45, 7) is 5.32. The van der Waals surface area contributed by atoms with E-state index in [1.54, 1.807) is 0 Å². The minimum atomic E-state index is -0.224. The number of likely N-dealkylation sites (N-methyl/N-ethyl adjacent to an activating group) is 1. The van der Waals surface area contributed by atoms with E-state index in [0.29, 0.717) is 19.5 Å². The number of hydrogen-bond donors (Lipinski definition) is 3. The van der Waals surface area contributed by atoms with Crippen molar-refractivity contribution in [3.8, 4) is 0 Å². The second kappa shape index (κ2) is 10.8. The summed E-state index contributed by atoms with van der Waals surface area (Å²) in [5.41, 5.74) is 3.80. The molecular weight excluding hydrogens is 305 g/mol. The van der Waals surface area contributed by atoms with Crippen molar-refractivity contribution in [2.45, 2.75) is 26.6 Å². The first-order valence-corrected chi connectivity index (χ1v) is 8.07. The third kappa shape index (κ3) is 7.15. The summed E-state index contributed by atoms with van der Waals surface area (Å²) in [5, 5.41) is 8.48. The number of anilines is 1. The van der Waals surface area contributed by atoms with Gasteiger partial charge in [-0.2, -0.15) is 0 Å². The molecule has 2 amide bonds. The van der Waals surface area contributed by atoms with E-state index in [4.69, 9.17) is 12.6 Å². The molecule has 0 heterocycles. The van der Waals surface area contributed by atoms with E-state index < -0.39 is 0 Å². The van der Waals surface area contributed by atoms with Crippen molar-refractivity contribution in [1.29, 1.82) is 0 Å². The van der Waals surface area contributed by atoms with Crippen molar-refractivity contribution in [2.24, 2.45) is 0 Å². The first-order valence-electron chi connectivity index (χ1n) is 8.07. The zero-order chi connectivity index (χ0) is 17.9. The highest BCUT2D eigenvalue weighted by atomic mass is 16.5. The number of aryl methyl sites for hydroxylation is 2. The maximum Gasteiger partial charge on any atom is 0.246 e. The Morgan fingerprint density at radius 2 is 1.79 bits per heavy atom. The van der Waals surface area contributed by atoms with Crippen LogP contribution in [0.25, 0.3) is 0 Å². The van der Waals surface area contributed by atoms with E-state index in [2.05, 4.69) is 16.0 Å². The number of rotatable bonds is 10. The zero-order valence-electron chi connectivity index (χ0n) is 14.7. The molecule has 0 unspecified atom stereocenters. The standard InChI is InChI=1S/C17H26BN3O3/c1-12-8-14(10-18)9-13(2)17(12)21-15(22)4-5-20-16(23)11-24-7-6-19-3/h8-9,19H,4-7,10-11H2,1-3H3,(H,20,23)(H,21,22). The van der Waals surface area contributed by atoms with Gasteiger partial charge < -0.3 is 20.7 Å². The van der Waals surface area contributed by atoms with E-state index in [-0.39, 0.29) is 31.4 Å². The van der Waals surface area contributed by atoms with Crippen LogP contribution in [0.15, 0.2) is 12.1 Å². The van der Waals surface area contributed by atoms with Crippen LogP contribution in [0.2, 0.25) is 0 Å². The summed E-state index contributed by atoms with van der Waals surface area (Å²) in [5.74, 6) is -0.364. The smallest absolute Gasteiger partial charge is 0.246 e. The highest BCUT2D eigenvalue weighted by Gasteiger charge is 2.09. The Kier molecular flexibility index (Phi) is 9.11. The maximum absolute atomic E-state index is 12.0. The monoisotopic (exact) mass is 331 g/mol. The number of benzene rings is 1. The minimum Gasteiger partial charge on any atom is -0.370 e. The van der Waals surface area contributed by atoms with Gasteiger partial charge in [-0.05, 0) is 32.0 Å². The molecule has 0 spiro atoms. The van der Waals surface area contributed by atoms with E-state index in [0.717, 1.165) is 22.4 Å². The summed E-state index contributed by atoms with van der Waals surface area (Å²) in [7, 11) is 7.46. The largest absolute Gasteiger partial charge is 0.370 e. The van der Waals surface area contributed by atoms with Crippen LogP contribution in [0.5, 0.6) is 0 Å². The normalized spacial score (nSPS) is 10.5. The van der Waals surface area contributed by atoms with Crippen LogP contribution in [-0.2, 0) is 20.6 Å². The lowest BCUT2D eigenvalue weighted by Crippen LogP contribution is -2.31. The zero-order valence-corrected chi connectivity index (χ0v) is 14.7. The molecule has 0 saturated heterocycles. The molecule has 6 nitrogen and oxygen atoms in total. The Hall–Kier alpha value is -1.86. The average Bonchev–Trinajstić information content (AvgIpc) is 2.54. The van der Waals surface area contributed by atoms with Gasteiger partial charge in [-0.1, -0.05) is 24.0 Å². The second-order valence-corrected chi connectivity index (χ2v) is 5.61. The molecule has 0 saturated carbocycles. The van der Waals surface area contributed by atoms with Gasteiger partial charge >= 0.3 is 0 Å². The molecule has 24 heavy (non-hydrogen) atoms. The Bertz CT molecular complexity index is 541. The molecule has 0 bridgehead atoms. The minimum absolute atomic E-state index is 0.00205. The summed E-state index contributed by atoms with van der Waals surface area (Å²) in [6, 6.07) is 3.93. The fourth-order valence-corrected chi connectivity index (χ4v) is 2.28. The van der Waals surface area contributed by atoms with Gasteiger partial charge in [0.1, 0.15) is 6.61 Å². The van der Waals surface area contributed by atoms with Gasteiger partial charge in [0, 0.05) is 25.2 Å². The number of ether oxygens (including phenoxy) is 1. The molecule has 2 radical (unpaired) electrons. The van der Waals surface area contributed by atoms with Crippen molar-refractivity contribution >= 4 is 25.3 Å². The lowest BCUT2D eigenvalue weighted by atomic mass is 9.93. The van der Waals surface area contributed by atoms with Crippen LogP contribution in [0.4, 0.5) is 5.69 Å².